The molecule has 1 aliphatic rings. The molecule has 0 bridgehead atoms. The van der Waals surface area contributed by atoms with Crippen molar-refractivity contribution >= 4 is 21.6 Å². The summed E-state index contributed by atoms with van der Waals surface area (Å²) in [6.45, 7) is 6.24. The van der Waals surface area contributed by atoms with Crippen molar-refractivity contribution in [1.29, 1.82) is 0 Å². The highest BCUT2D eigenvalue weighted by Gasteiger charge is 2.14. The molecule has 1 atom stereocenters. The zero-order chi connectivity index (χ0) is 13.1. The van der Waals surface area contributed by atoms with Crippen LogP contribution in [0.4, 0.5) is 5.69 Å². The standard InChI is InChI=1S/C14H21BrN2O/c1-11(18)13-5-4-12(10-14(13)15)17-7-3-6-16(2)8-9-17/h4-5,10-11,18H,3,6-9H2,1-2H3. The Balaban J connectivity index is 2.15. The lowest BCUT2D eigenvalue weighted by Gasteiger charge is -2.24. The van der Waals surface area contributed by atoms with Gasteiger partial charge in [-0.1, -0.05) is 22.0 Å². The quantitative estimate of drug-likeness (QED) is 0.909. The van der Waals surface area contributed by atoms with Gasteiger partial charge >= 0.3 is 0 Å². The molecule has 0 aromatic heterocycles. The third-order valence-electron chi connectivity index (χ3n) is 3.52. The average molecular weight is 313 g/mol. The predicted molar refractivity (Wildman–Crippen MR) is 79.1 cm³/mol. The van der Waals surface area contributed by atoms with E-state index in [0.29, 0.717) is 0 Å². The minimum Gasteiger partial charge on any atom is -0.389 e. The summed E-state index contributed by atoms with van der Waals surface area (Å²) < 4.78 is 0.993. The first-order valence-corrected chi connectivity index (χ1v) is 7.28. The Morgan fingerprint density at radius 2 is 2.00 bits per heavy atom. The van der Waals surface area contributed by atoms with Gasteiger partial charge in [-0.25, -0.2) is 0 Å². The fraction of sp³-hybridized carbons (Fsp3) is 0.571. The summed E-state index contributed by atoms with van der Waals surface area (Å²) >= 11 is 3.55. The Kier molecular flexibility index (Phi) is 4.65. The highest BCUT2D eigenvalue weighted by molar-refractivity contribution is 9.10. The number of likely N-dealkylation sites (N-methyl/N-ethyl adjacent to an activating group) is 1. The van der Waals surface area contributed by atoms with Gasteiger partial charge in [0.15, 0.2) is 0 Å². The van der Waals surface area contributed by atoms with Crippen LogP contribution in [0.1, 0.15) is 25.0 Å². The maximum absolute atomic E-state index is 9.64. The molecule has 4 heteroatoms. The van der Waals surface area contributed by atoms with E-state index in [1.807, 2.05) is 6.07 Å². The monoisotopic (exact) mass is 312 g/mol. The van der Waals surface area contributed by atoms with E-state index in [9.17, 15) is 5.11 Å². The van der Waals surface area contributed by atoms with Crippen molar-refractivity contribution < 1.29 is 5.11 Å². The predicted octanol–water partition coefficient (Wildman–Crippen LogP) is 2.64. The topological polar surface area (TPSA) is 26.7 Å². The van der Waals surface area contributed by atoms with E-state index in [-0.39, 0.29) is 0 Å². The second-order valence-corrected chi connectivity index (χ2v) is 5.88. The van der Waals surface area contributed by atoms with Crippen LogP contribution in [0.15, 0.2) is 22.7 Å². The van der Waals surface area contributed by atoms with Gasteiger partial charge in [0.05, 0.1) is 6.10 Å². The number of aliphatic hydroxyl groups is 1. The largest absolute Gasteiger partial charge is 0.389 e. The lowest BCUT2D eigenvalue weighted by atomic mass is 10.1. The number of nitrogens with zero attached hydrogens (tertiary/aromatic N) is 2. The molecule has 0 amide bonds. The van der Waals surface area contributed by atoms with Crippen LogP contribution in [-0.2, 0) is 0 Å². The minimum atomic E-state index is -0.427. The molecule has 0 saturated carbocycles. The van der Waals surface area contributed by atoms with E-state index < -0.39 is 6.10 Å². The normalized spacial score (nSPS) is 19.7. The first-order valence-electron chi connectivity index (χ1n) is 6.49. The summed E-state index contributed by atoms with van der Waals surface area (Å²) in [4.78, 5) is 4.79. The van der Waals surface area contributed by atoms with Crippen LogP contribution in [0.5, 0.6) is 0 Å². The minimum absolute atomic E-state index is 0.427. The first kappa shape index (κ1) is 13.8. The van der Waals surface area contributed by atoms with Gasteiger partial charge in [0.2, 0.25) is 0 Å². The molecular weight excluding hydrogens is 292 g/mol. The third-order valence-corrected chi connectivity index (χ3v) is 4.21. The fourth-order valence-electron chi connectivity index (χ4n) is 2.36. The van der Waals surface area contributed by atoms with Gasteiger partial charge in [0, 0.05) is 29.8 Å². The van der Waals surface area contributed by atoms with Gasteiger partial charge in [-0.3, -0.25) is 0 Å². The number of benzene rings is 1. The van der Waals surface area contributed by atoms with Gasteiger partial charge in [-0.2, -0.15) is 0 Å². The molecule has 1 N–H and O–H groups in total. The number of hydrogen-bond donors (Lipinski definition) is 1. The van der Waals surface area contributed by atoms with E-state index in [4.69, 9.17) is 0 Å². The molecular formula is C14H21BrN2O. The zero-order valence-electron chi connectivity index (χ0n) is 11.1. The van der Waals surface area contributed by atoms with Gasteiger partial charge in [0.1, 0.15) is 0 Å². The van der Waals surface area contributed by atoms with Gasteiger partial charge in [-0.05, 0) is 44.6 Å². The molecule has 0 aliphatic carbocycles. The molecule has 1 aromatic rings. The summed E-state index contributed by atoms with van der Waals surface area (Å²) in [6, 6.07) is 6.24. The highest BCUT2D eigenvalue weighted by atomic mass is 79.9. The maximum atomic E-state index is 9.64. The Labute approximate surface area is 118 Å². The summed E-state index contributed by atoms with van der Waals surface area (Å²) in [7, 11) is 2.18. The van der Waals surface area contributed by atoms with Crippen LogP contribution >= 0.6 is 15.9 Å². The van der Waals surface area contributed by atoms with Crippen molar-refractivity contribution in [3.05, 3.63) is 28.2 Å². The van der Waals surface area contributed by atoms with Gasteiger partial charge in [0.25, 0.3) is 0 Å². The van der Waals surface area contributed by atoms with Crippen molar-refractivity contribution in [3.8, 4) is 0 Å². The molecule has 1 aromatic carbocycles. The van der Waals surface area contributed by atoms with Crippen molar-refractivity contribution in [2.45, 2.75) is 19.4 Å². The molecule has 3 nitrogen and oxygen atoms in total. The Morgan fingerprint density at radius 3 is 2.67 bits per heavy atom. The number of anilines is 1. The fourth-order valence-corrected chi connectivity index (χ4v) is 3.05. The number of hydrogen-bond acceptors (Lipinski definition) is 3. The van der Waals surface area contributed by atoms with E-state index in [1.54, 1.807) is 6.92 Å². The van der Waals surface area contributed by atoms with Crippen molar-refractivity contribution in [2.24, 2.45) is 0 Å². The smallest absolute Gasteiger partial charge is 0.0772 e. The van der Waals surface area contributed by atoms with Crippen LogP contribution in [0.3, 0.4) is 0 Å². The van der Waals surface area contributed by atoms with E-state index >= 15 is 0 Å². The van der Waals surface area contributed by atoms with E-state index in [0.717, 1.165) is 29.7 Å². The first-order chi connectivity index (χ1) is 8.58. The lowest BCUT2D eigenvalue weighted by molar-refractivity contribution is 0.198. The average Bonchev–Trinajstić information content (AvgIpc) is 2.53. The van der Waals surface area contributed by atoms with E-state index in [2.05, 4.69) is 44.9 Å². The molecule has 1 aliphatic heterocycles. The van der Waals surface area contributed by atoms with Crippen LogP contribution in [0, 0.1) is 0 Å². The van der Waals surface area contributed by atoms with Crippen molar-refractivity contribution in [2.75, 3.05) is 38.1 Å². The van der Waals surface area contributed by atoms with Crippen LogP contribution in [-0.4, -0.2) is 43.2 Å². The number of aliphatic hydroxyl groups excluding tert-OH is 1. The Bertz CT molecular complexity index is 409. The van der Waals surface area contributed by atoms with Crippen LogP contribution in [0.25, 0.3) is 0 Å². The Morgan fingerprint density at radius 1 is 1.22 bits per heavy atom. The van der Waals surface area contributed by atoms with Gasteiger partial charge in [-0.15, -0.1) is 0 Å². The second-order valence-electron chi connectivity index (χ2n) is 5.03. The molecule has 100 valence electrons. The van der Waals surface area contributed by atoms with Crippen LogP contribution < -0.4 is 4.90 Å². The molecule has 0 spiro atoms. The number of rotatable bonds is 2. The molecule has 1 fully saturated rings. The third kappa shape index (κ3) is 3.25. The molecule has 1 saturated heterocycles. The molecule has 18 heavy (non-hydrogen) atoms. The van der Waals surface area contributed by atoms with Crippen LogP contribution in [0.2, 0.25) is 0 Å². The summed E-state index contributed by atoms with van der Waals surface area (Å²) in [5.41, 5.74) is 2.19. The second kappa shape index (κ2) is 6.04. The molecule has 1 heterocycles. The summed E-state index contributed by atoms with van der Waals surface area (Å²) in [6.07, 6.45) is 0.774. The zero-order valence-corrected chi connectivity index (χ0v) is 12.7. The molecule has 1 unspecified atom stereocenters. The van der Waals surface area contributed by atoms with Gasteiger partial charge < -0.3 is 14.9 Å². The SMILES string of the molecule is CC(O)c1ccc(N2CCCN(C)CC2)cc1Br. The summed E-state index contributed by atoms with van der Waals surface area (Å²) in [5, 5.41) is 9.64. The molecule has 0 radical (unpaired) electrons. The maximum Gasteiger partial charge on any atom is 0.0772 e. The lowest BCUT2D eigenvalue weighted by Crippen LogP contribution is -2.28. The molecule has 2 rings (SSSR count). The van der Waals surface area contributed by atoms with Crippen molar-refractivity contribution in [1.82, 2.24) is 4.90 Å². The van der Waals surface area contributed by atoms with Crippen molar-refractivity contribution in [3.63, 3.8) is 0 Å². The number of halogens is 1. The van der Waals surface area contributed by atoms with E-state index in [1.165, 1.54) is 18.7 Å². The highest BCUT2D eigenvalue weighted by Crippen LogP contribution is 2.28. The summed E-state index contributed by atoms with van der Waals surface area (Å²) in [5.74, 6) is 0. The Hall–Kier alpha value is -0.580.